The Labute approximate surface area is 165 Å². The summed E-state index contributed by atoms with van der Waals surface area (Å²) in [5.74, 6) is 0.855. The summed E-state index contributed by atoms with van der Waals surface area (Å²) >= 11 is 0. The van der Waals surface area contributed by atoms with E-state index >= 15 is 0 Å². The zero-order valence-corrected chi connectivity index (χ0v) is 16.2. The third-order valence-electron chi connectivity index (χ3n) is 5.10. The number of piperazine rings is 1. The van der Waals surface area contributed by atoms with Gasteiger partial charge < -0.3 is 20.3 Å². The first-order valence-corrected chi connectivity index (χ1v) is 9.56. The number of nitrogens with zero attached hydrogens (tertiary/aromatic N) is 2. The summed E-state index contributed by atoms with van der Waals surface area (Å²) in [6, 6.07) is 16.9. The SMILES string of the molecule is COc1cccc(CC(=O)N2CCN(C(=O)CC(N)c3ccccc3)CC2)c1. The van der Waals surface area contributed by atoms with Crippen LogP contribution in [0.3, 0.4) is 0 Å². The molecule has 0 bridgehead atoms. The molecule has 148 valence electrons. The van der Waals surface area contributed by atoms with Crippen LogP contribution >= 0.6 is 0 Å². The monoisotopic (exact) mass is 381 g/mol. The van der Waals surface area contributed by atoms with Gasteiger partial charge in [0, 0.05) is 38.6 Å². The van der Waals surface area contributed by atoms with E-state index in [9.17, 15) is 9.59 Å². The fourth-order valence-electron chi connectivity index (χ4n) is 3.41. The zero-order valence-electron chi connectivity index (χ0n) is 16.2. The Morgan fingerprint density at radius 1 is 0.964 bits per heavy atom. The third kappa shape index (κ3) is 5.10. The molecule has 0 radical (unpaired) electrons. The lowest BCUT2D eigenvalue weighted by molar-refractivity contribution is -0.139. The molecule has 6 nitrogen and oxygen atoms in total. The molecular formula is C22H27N3O3. The van der Waals surface area contributed by atoms with Crippen molar-refractivity contribution in [1.82, 2.24) is 9.80 Å². The quantitative estimate of drug-likeness (QED) is 0.830. The molecule has 1 unspecified atom stereocenters. The second-order valence-corrected chi connectivity index (χ2v) is 7.01. The van der Waals surface area contributed by atoms with Crippen molar-refractivity contribution in [1.29, 1.82) is 0 Å². The Balaban J connectivity index is 1.48. The van der Waals surface area contributed by atoms with E-state index in [1.807, 2.05) is 59.5 Å². The average Bonchev–Trinajstić information content (AvgIpc) is 2.74. The van der Waals surface area contributed by atoms with Crippen LogP contribution in [0, 0.1) is 0 Å². The number of amides is 2. The first-order chi connectivity index (χ1) is 13.6. The highest BCUT2D eigenvalue weighted by Gasteiger charge is 2.25. The molecule has 1 saturated heterocycles. The molecule has 0 spiro atoms. The van der Waals surface area contributed by atoms with Crippen molar-refractivity contribution < 1.29 is 14.3 Å². The molecule has 1 aliphatic rings. The van der Waals surface area contributed by atoms with Gasteiger partial charge in [-0.25, -0.2) is 0 Å². The predicted molar refractivity (Wildman–Crippen MR) is 108 cm³/mol. The first-order valence-electron chi connectivity index (χ1n) is 9.56. The molecule has 6 heteroatoms. The summed E-state index contributed by atoms with van der Waals surface area (Å²) in [7, 11) is 1.61. The first kappa shape index (κ1) is 19.9. The molecule has 1 heterocycles. The van der Waals surface area contributed by atoms with Crippen LogP contribution in [0.25, 0.3) is 0 Å². The normalized spacial score (nSPS) is 15.2. The van der Waals surface area contributed by atoms with Crippen LogP contribution < -0.4 is 10.5 Å². The van der Waals surface area contributed by atoms with E-state index in [0.717, 1.165) is 16.9 Å². The van der Waals surface area contributed by atoms with Crippen molar-refractivity contribution in [2.45, 2.75) is 18.9 Å². The van der Waals surface area contributed by atoms with Gasteiger partial charge in [-0.05, 0) is 23.3 Å². The van der Waals surface area contributed by atoms with E-state index in [0.29, 0.717) is 32.6 Å². The molecule has 3 rings (SSSR count). The minimum Gasteiger partial charge on any atom is -0.497 e. The number of methoxy groups -OCH3 is 1. The van der Waals surface area contributed by atoms with Crippen LogP contribution in [-0.2, 0) is 16.0 Å². The number of benzene rings is 2. The summed E-state index contributed by atoms with van der Waals surface area (Å²) in [6.45, 7) is 2.19. The Bertz CT molecular complexity index is 802. The van der Waals surface area contributed by atoms with Crippen molar-refractivity contribution in [3.05, 3.63) is 65.7 Å². The number of hydrogen-bond acceptors (Lipinski definition) is 4. The minimum absolute atomic E-state index is 0.0382. The van der Waals surface area contributed by atoms with E-state index < -0.39 is 0 Å². The maximum absolute atomic E-state index is 12.6. The third-order valence-corrected chi connectivity index (χ3v) is 5.10. The average molecular weight is 381 g/mol. The van der Waals surface area contributed by atoms with Gasteiger partial charge in [-0.3, -0.25) is 9.59 Å². The smallest absolute Gasteiger partial charge is 0.227 e. The van der Waals surface area contributed by atoms with Crippen molar-refractivity contribution in [2.75, 3.05) is 33.3 Å². The van der Waals surface area contributed by atoms with Gasteiger partial charge in [0.05, 0.1) is 13.5 Å². The van der Waals surface area contributed by atoms with Crippen LogP contribution in [-0.4, -0.2) is 54.9 Å². The number of carbonyl (C=O) groups is 2. The molecule has 1 aliphatic heterocycles. The minimum atomic E-state index is -0.304. The lowest BCUT2D eigenvalue weighted by atomic mass is 10.0. The van der Waals surface area contributed by atoms with E-state index in [4.69, 9.17) is 10.5 Å². The van der Waals surface area contributed by atoms with Gasteiger partial charge in [0.25, 0.3) is 0 Å². The van der Waals surface area contributed by atoms with Crippen molar-refractivity contribution >= 4 is 11.8 Å². The maximum atomic E-state index is 12.6. The Morgan fingerprint density at radius 2 is 1.61 bits per heavy atom. The lowest BCUT2D eigenvalue weighted by Crippen LogP contribution is -2.51. The van der Waals surface area contributed by atoms with E-state index in [-0.39, 0.29) is 24.3 Å². The highest BCUT2D eigenvalue weighted by Crippen LogP contribution is 2.17. The summed E-state index contributed by atoms with van der Waals surface area (Å²) in [5.41, 5.74) is 8.05. The number of rotatable bonds is 6. The molecule has 2 N–H and O–H groups in total. The lowest BCUT2D eigenvalue weighted by Gasteiger charge is -2.35. The van der Waals surface area contributed by atoms with Gasteiger partial charge in [-0.15, -0.1) is 0 Å². The Morgan fingerprint density at radius 3 is 2.25 bits per heavy atom. The fourth-order valence-corrected chi connectivity index (χ4v) is 3.41. The largest absolute Gasteiger partial charge is 0.497 e. The summed E-state index contributed by atoms with van der Waals surface area (Å²) in [5, 5.41) is 0. The number of nitrogens with two attached hydrogens (primary N) is 1. The van der Waals surface area contributed by atoms with Crippen molar-refractivity contribution in [2.24, 2.45) is 5.73 Å². The Hall–Kier alpha value is -2.86. The zero-order chi connectivity index (χ0) is 19.9. The molecule has 1 fully saturated rings. The highest BCUT2D eigenvalue weighted by atomic mass is 16.5. The molecule has 2 aromatic rings. The van der Waals surface area contributed by atoms with E-state index in [2.05, 4.69) is 0 Å². The van der Waals surface area contributed by atoms with Crippen LogP contribution in [0.2, 0.25) is 0 Å². The second kappa shape index (κ2) is 9.37. The molecule has 28 heavy (non-hydrogen) atoms. The molecular weight excluding hydrogens is 354 g/mol. The molecule has 2 amide bonds. The van der Waals surface area contributed by atoms with Gasteiger partial charge in [0.15, 0.2) is 0 Å². The fraction of sp³-hybridized carbons (Fsp3) is 0.364. The number of carbonyl (C=O) groups excluding carboxylic acids is 2. The van der Waals surface area contributed by atoms with Crippen LogP contribution in [0.5, 0.6) is 5.75 Å². The molecule has 1 atom stereocenters. The molecule has 0 aliphatic carbocycles. The number of ether oxygens (including phenoxy) is 1. The predicted octanol–water partition coefficient (Wildman–Crippen LogP) is 2.00. The van der Waals surface area contributed by atoms with Gasteiger partial charge in [-0.2, -0.15) is 0 Å². The molecule has 0 aromatic heterocycles. The molecule has 0 saturated carbocycles. The van der Waals surface area contributed by atoms with Gasteiger partial charge in [-0.1, -0.05) is 42.5 Å². The van der Waals surface area contributed by atoms with E-state index in [1.165, 1.54) is 0 Å². The topological polar surface area (TPSA) is 75.9 Å². The maximum Gasteiger partial charge on any atom is 0.227 e. The van der Waals surface area contributed by atoms with Gasteiger partial charge in [0.1, 0.15) is 5.75 Å². The van der Waals surface area contributed by atoms with Crippen LogP contribution in [0.15, 0.2) is 54.6 Å². The molecule has 2 aromatic carbocycles. The summed E-state index contributed by atoms with van der Waals surface area (Å²) < 4.78 is 5.21. The van der Waals surface area contributed by atoms with Gasteiger partial charge >= 0.3 is 0 Å². The standard InChI is InChI=1S/C22H27N3O3/c1-28-19-9-5-6-17(14-19)15-21(26)24-10-12-25(13-11-24)22(27)16-20(23)18-7-3-2-4-8-18/h2-9,14,20H,10-13,15-16,23H2,1H3. The highest BCUT2D eigenvalue weighted by molar-refractivity contribution is 5.80. The van der Waals surface area contributed by atoms with Crippen LogP contribution in [0.4, 0.5) is 0 Å². The van der Waals surface area contributed by atoms with Crippen LogP contribution in [0.1, 0.15) is 23.6 Å². The second-order valence-electron chi connectivity index (χ2n) is 7.01. The van der Waals surface area contributed by atoms with E-state index in [1.54, 1.807) is 12.0 Å². The number of hydrogen-bond donors (Lipinski definition) is 1. The Kier molecular flexibility index (Phi) is 6.66. The van der Waals surface area contributed by atoms with Crippen molar-refractivity contribution in [3.63, 3.8) is 0 Å². The summed E-state index contributed by atoms with van der Waals surface area (Å²) in [4.78, 5) is 28.7. The summed E-state index contributed by atoms with van der Waals surface area (Å²) in [6.07, 6.45) is 0.617. The van der Waals surface area contributed by atoms with Gasteiger partial charge in [0.2, 0.25) is 11.8 Å². The van der Waals surface area contributed by atoms with Crippen molar-refractivity contribution in [3.8, 4) is 5.75 Å².